The van der Waals surface area contributed by atoms with Crippen LogP contribution in [0.1, 0.15) is 11.3 Å². The van der Waals surface area contributed by atoms with Gasteiger partial charge in [-0.15, -0.1) is 0 Å². The van der Waals surface area contributed by atoms with Crippen molar-refractivity contribution >= 4 is 10.8 Å². The monoisotopic (exact) mass is 584 g/mol. The minimum Gasteiger partial charge on any atom is -0.394 e. The van der Waals surface area contributed by atoms with Crippen LogP contribution in [-0.4, -0.2) is 115 Å². The lowest BCUT2D eigenvalue weighted by molar-refractivity contribution is -0.342. The number of aliphatic hydroxyl groups excluding tert-OH is 7. The first-order valence-corrected chi connectivity index (χ1v) is 13.4. The van der Waals surface area contributed by atoms with Crippen molar-refractivity contribution in [1.82, 2.24) is 4.98 Å². The topological polar surface area (TPSA) is 226 Å². The van der Waals surface area contributed by atoms with E-state index < -0.39 is 80.0 Å². The molecule has 8 N–H and O–H groups in total. The molecule has 2 saturated heterocycles. The number of benzene rings is 2. The Balaban J connectivity index is 1.38. The summed E-state index contributed by atoms with van der Waals surface area (Å²) in [7, 11) is 0. The molecular weight excluding hydrogens is 552 g/mol. The molecular formula is C29H32N2O11. The number of nitrogens with one attached hydrogen (secondary N) is 1. The van der Waals surface area contributed by atoms with Crippen molar-refractivity contribution in [2.24, 2.45) is 0 Å². The lowest BCUT2D eigenvalue weighted by atomic mass is 9.91. The van der Waals surface area contributed by atoms with Crippen molar-refractivity contribution < 1.29 is 50.0 Å². The summed E-state index contributed by atoms with van der Waals surface area (Å²) in [4.78, 5) is 15.5. The van der Waals surface area contributed by atoms with Crippen molar-refractivity contribution in [3.63, 3.8) is 0 Å². The molecule has 2 aromatic carbocycles. The number of hydrogen-bond acceptors (Lipinski definition) is 12. The van der Waals surface area contributed by atoms with Gasteiger partial charge in [0.15, 0.2) is 6.29 Å². The highest BCUT2D eigenvalue weighted by atomic mass is 16.7. The molecule has 5 rings (SSSR count). The molecule has 3 heterocycles. The van der Waals surface area contributed by atoms with Crippen molar-refractivity contribution in [3.05, 3.63) is 70.1 Å². The second-order valence-corrected chi connectivity index (χ2v) is 10.5. The second-order valence-electron chi connectivity index (χ2n) is 10.5. The summed E-state index contributed by atoms with van der Waals surface area (Å²) >= 11 is 0. The zero-order valence-corrected chi connectivity index (χ0v) is 22.2. The molecule has 0 amide bonds. The van der Waals surface area contributed by atoms with Crippen LogP contribution in [0.5, 0.6) is 0 Å². The highest BCUT2D eigenvalue weighted by molar-refractivity contribution is 5.88. The molecule has 0 unspecified atom stereocenters. The maximum absolute atomic E-state index is 12.9. The Morgan fingerprint density at radius 3 is 2.19 bits per heavy atom. The van der Waals surface area contributed by atoms with Gasteiger partial charge in [0.25, 0.3) is 5.56 Å². The zero-order chi connectivity index (χ0) is 30.1. The van der Waals surface area contributed by atoms with Crippen LogP contribution in [0.15, 0.2) is 53.3 Å². The molecule has 0 bridgehead atoms. The van der Waals surface area contributed by atoms with Crippen LogP contribution in [-0.2, 0) is 20.6 Å². The number of aromatic nitrogens is 1. The van der Waals surface area contributed by atoms with E-state index in [2.05, 4.69) is 4.98 Å². The molecule has 224 valence electrons. The Labute approximate surface area is 239 Å². The Hall–Kier alpha value is -3.26. The van der Waals surface area contributed by atoms with E-state index in [1.165, 1.54) is 0 Å². The Bertz CT molecular complexity index is 1500. The largest absolute Gasteiger partial charge is 0.394 e. The summed E-state index contributed by atoms with van der Waals surface area (Å²) in [6.45, 7) is -1.39. The van der Waals surface area contributed by atoms with Crippen LogP contribution in [0, 0.1) is 11.3 Å². The Morgan fingerprint density at radius 1 is 0.810 bits per heavy atom. The molecule has 10 atom stereocenters. The maximum atomic E-state index is 12.9. The van der Waals surface area contributed by atoms with E-state index in [0.29, 0.717) is 16.8 Å². The summed E-state index contributed by atoms with van der Waals surface area (Å²) in [5.41, 5.74) is 0.551. The number of rotatable bonds is 7. The van der Waals surface area contributed by atoms with Gasteiger partial charge in [0, 0.05) is 17.7 Å². The summed E-state index contributed by atoms with van der Waals surface area (Å²) in [5, 5.41) is 83.2. The van der Waals surface area contributed by atoms with Gasteiger partial charge in [0.1, 0.15) is 60.5 Å². The Morgan fingerprint density at radius 2 is 1.50 bits per heavy atom. The molecule has 13 heteroatoms. The molecule has 0 radical (unpaired) electrons. The second kappa shape index (κ2) is 12.5. The summed E-state index contributed by atoms with van der Waals surface area (Å²) < 4.78 is 16.8. The van der Waals surface area contributed by atoms with Crippen LogP contribution in [0.25, 0.3) is 21.9 Å². The van der Waals surface area contributed by atoms with Gasteiger partial charge in [-0.2, -0.15) is 5.26 Å². The highest BCUT2D eigenvalue weighted by Gasteiger charge is 2.50. The molecule has 2 aliphatic rings. The van der Waals surface area contributed by atoms with Crippen molar-refractivity contribution in [2.75, 3.05) is 13.2 Å². The number of ether oxygens (including phenoxy) is 3. The van der Waals surface area contributed by atoms with E-state index in [-0.39, 0.29) is 12.0 Å². The van der Waals surface area contributed by atoms with Crippen LogP contribution < -0.4 is 5.56 Å². The van der Waals surface area contributed by atoms with Crippen LogP contribution in [0.3, 0.4) is 0 Å². The van der Waals surface area contributed by atoms with Crippen molar-refractivity contribution in [1.29, 1.82) is 5.26 Å². The molecule has 0 spiro atoms. The third-order valence-electron chi connectivity index (χ3n) is 7.79. The fourth-order valence-electron chi connectivity index (χ4n) is 5.47. The first-order chi connectivity index (χ1) is 20.2. The van der Waals surface area contributed by atoms with Gasteiger partial charge in [-0.05, 0) is 28.5 Å². The number of nitriles is 1. The van der Waals surface area contributed by atoms with E-state index in [9.17, 15) is 45.8 Å². The molecule has 2 aliphatic heterocycles. The van der Waals surface area contributed by atoms with E-state index in [1.54, 1.807) is 12.1 Å². The molecule has 3 aromatic rings. The minimum absolute atomic E-state index is 0.0968. The van der Waals surface area contributed by atoms with Gasteiger partial charge in [0.05, 0.1) is 19.3 Å². The van der Waals surface area contributed by atoms with Crippen LogP contribution >= 0.6 is 0 Å². The fourth-order valence-corrected chi connectivity index (χ4v) is 5.47. The summed E-state index contributed by atoms with van der Waals surface area (Å²) in [6.07, 6.45) is -15.3. The van der Waals surface area contributed by atoms with Gasteiger partial charge in [-0.25, -0.2) is 0 Å². The predicted molar refractivity (Wildman–Crippen MR) is 145 cm³/mol. The quantitative estimate of drug-likeness (QED) is 0.155. The fraction of sp³-hybridized carbons (Fsp3) is 0.448. The lowest BCUT2D eigenvalue weighted by Crippen LogP contribution is -2.64. The molecule has 42 heavy (non-hydrogen) atoms. The number of nitrogens with zero attached hydrogens (tertiary/aromatic N) is 1. The average Bonchev–Trinajstić information content (AvgIpc) is 3.00. The van der Waals surface area contributed by atoms with Gasteiger partial charge in [-0.1, -0.05) is 36.4 Å². The number of aliphatic hydroxyl groups is 7. The highest BCUT2D eigenvalue weighted by Crippen LogP contribution is 2.31. The molecule has 13 nitrogen and oxygen atoms in total. The number of H-pyrrole nitrogens is 1. The minimum atomic E-state index is -1.78. The number of aromatic amines is 1. The predicted octanol–water partition coefficient (Wildman–Crippen LogP) is -1.72. The summed E-state index contributed by atoms with van der Waals surface area (Å²) in [6, 6.07) is 16.7. The van der Waals surface area contributed by atoms with Crippen molar-refractivity contribution in [2.45, 2.75) is 67.6 Å². The van der Waals surface area contributed by atoms with Gasteiger partial charge in [-0.3, -0.25) is 4.79 Å². The Kier molecular flexibility index (Phi) is 9.02. The number of hydrogen-bond donors (Lipinski definition) is 8. The molecule has 2 fully saturated rings. The normalized spacial score (nSPS) is 33.4. The lowest BCUT2D eigenvalue weighted by Gasteiger charge is -2.46. The van der Waals surface area contributed by atoms with Gasteiger partial charge < -0.3 is 54.9 Å². The maximum Gasteiger partial charge on any atom is 0.266 e. The molecule has 0 saturated carbocycles. The smallest absolute Gasteiger partial charge is 0.266 e. The number of fused-ring (bicyclic) bond motifs is 1. The molecule has 0 aliphatic carbocycles. The van der Waals surface area contributed by atoms with E-state index in [1.807, 2.05) is 42.5 Å². The summed E-state index contributed by atoms with van der Waals surface area (Å²) in [5.74, 6) is 0. The van der Waals surface area contributed by atoms with Gasteiger partial charge in [0.2, 0.25) is 0 Å². The SMILES string of the molecule is N#Cc1c(-c2ccc3ccccc3c2)cc(C[C@@H]2O[C@H](CO)[C@@H](O[C@@H]3O[C@H](CO)[C@@H](O)[C@H](O)[C@H]3O)[C@H](O)[C@H]2O)[nH]c1=O. The van der Waals surface area contributed by atoms with E-state index in [0.717, 1.165) is 10.8 Å². The van der Waals surface area contributed by atoms with Crippen LogP contribution in [0.4, 0.5) is 0 Å². The zero-order valence-electron chi connectivity index (χ0n) is 22.2. The van der Waals surface area contributed by atoms with Crippen LogP contribution in [0.2, 0.25) is 0 Å². The average molecular weight is 585 g/mol. The van der Waals surface area contributed by atoms with E-state index in [4.69, 9.17) is 14.2 Å². The van der Waals surface area contributed by atoms with Gasteiger partial charge >= 0.3 is 0 Å². The standard InChI is InChI=1S/C29H32N2O11/c30-10-18-17(15-6-5-13-3-1-2-4-14(13)7-15)8-16(31-28(18)39)9-19-22(34)25(37)27(21(12-33)40-19)42-29-26(38)24(36)23(35)20(11-32)41-29/h1-8,19-27,29,32-38H,9,11-12H2,(H,31,39)/t19-,20+,21+,22-,23+,24-,25+,26+,27+,29-/m0/s1. The first-order valence-electron chi connectivity index (χ1n) is 13.4. The third-order valence-corrected chi connectivity index (χ3v) is 7.79. The molecule has 1 aromatic heterocycles. The number of pyridine rings is 1. The first kappa shape index (κ1) is 30.2. The third kappa shape index (κ3) is 5.70. The van der Waals surface area contributed by atoms with Crippen molar-refractivity contribution in [3.8, 4) is 17.2 Å². The van der Waals surface area contributed by atoms with E-state index >= 15 is 0 Å².